The lowest BCUT2D eigenvalue weighted by Gasteiger charge is -2.10. The second-order valence-electron chi connectivity index (χ2n) is 6.76. The number of rotatable bonds is 6. The van der Waals surface area contributed by atoms with Gasteiger partial charge in [0.2, 0.25) is 12.7 Å². The van der Waals surface area contributed by atoms with Gasteiger partial charge in [0.15, 0.2) is 22.5 Å². The topological polar surface area (TPSA) is 91.2 Å². The monoisotopic (exact) mass is 449 g/mol. The average Bonchev–Trinajstić information content (AvgIpc) is 3.45. The zero-order chi connectivity index (χ0) is 21.9. The smallest absolute Gasteiger partial charge is 0.234 e. The molecule has 1 N–H and O–H groups in total. The van der Waals surface area contributed by atoms with Gasteiger partial charge in [0.25, 0.3) is 0 Å². The van der Waals surface area contributed by atoms with Crippen molar-refractivity contribution < 1.29 is 18.7 Å². The van der Waals surface area contributed by atoms with E-state index in [0.29, 0.717) is 33.9 Å². The highest BCUT2D eigenvalue weighted by atomic mass is 32.2. The number of carbonyl (C=O) groups excluding carboxylic acids is 1. The van der Waals surface area contributed by atoms with Crippen molar-refractivity contribution in [3.05, 3.63) is 72.8 Å². The minimum Gasteiger partial charge on any atom is -0.454 e. The number of pyridine rings is 1. The van der Waals surface area contributed by atoms with Gasteiger partial charge in [-0.25, -0.2) is 4.39 Å². The van der Waals surface area contributed by atoms with Crippen molar-refractivity contribution in [1.29, 1.82) is 0 Å². The van der Waals surface area contributed by atoms with E-state index in [2.05, 4.69) is 20.5 Å². The molecule has 160 valence electrons. The third-order valence-corrected chi connectivity index (χ3v) is 5.56. The molecule has 0 saturated carbocycles. The van der Waals surface area contributed by atoms with Crippen LogP contribution in [0.1, 0.15) is 0 Å². The molecule has 1 aliphatic rings. The van der Waals surface area contributed by atoms with Crippen molar-refractivity contribution >= 4 is 23.4 Å². The number of nitrogens with one attached hydrogen (secondary N) is 1. The molecule has 2 aromatic heterocycles. The Hall–Kier alpha value is -3.92. The Balaban J connectivity index is 1.37. The Morgan fingerprint density at radius 2 is 1.94 bits per heavy atom. The number of benzene rings is 2. The van der Waals surface area contributed by atoms with Crippen LogP contribution in [0.2, 0.25) is 0 Å². The minimum atomic E-state index is -0.345. The van der Waals surface area contributed by atoms with E-state index in [4.69, 9.17) is 9.47 Å². The number of aromatic nitrogens is 4. The first-order valence-corrected chi connectivity index (χ1v) is 10.6. The van der Waals surface area contributed by atoms with Gasteiger partial charge in [0.05, 0.1) is 5.75 Å². The van der Waals surface area contributed by atoms with Crippen molar-refractivity contribution in [2.45, 2.75) is 5.16 Å². The molecule has 5 rings (SSSR count). The maximum absolute atomic E-state index is 13.5. The molecule has 0 fully saturated rings. The summed E-state index contributed by atoms with van der Waals surface area (Å²) < 4.78 is 25.9. The van der Waals surface area contributed by atoms with E-state index in [-0.39, 0.29) is 24.3 Å². The summed E-state index contributed by atoms with van der Waals surface area (Å²) in [5.41, 5.74) is 2.03. The zero-order valence-corrected chi connectivity index (χ0v) is 17.4. The van der Waals surface area contributed by atoms with Crippen LogP contribution in [-0.2, 0) is 4.79 Å². The average molecular weight is 449 g/mol. The number of hydrogen-bond donors (Lipinski definition) is 1. The van der Waals surface area contributed by atoms with Gasteiger partial charge >= 0.3 is 0 Å². The fraction of sp³-hybridized carbons (Fsp3) is 0.0909. The predicted molar refractivity (Wildman–Crippen MR) is 116 cm³/mol. The molecular formula is C22H16FN5O3S. The van der Waals surface area contributed by atoms with Gasteiger partial charge < -0.3 is 14.8 Å². The second-order valence-corrected chi connectivity index (χ2v) is 7.71. The van der Waals surface area contributed by atoms with Gasteiger partial charge in [-0.3, -0.25) is 14.3 Å². The van der Waals surface area contributed by atoms with Crippen LogP contribution in [0.5, 0.6) is 11.5 Å². The normalized spacial score (nSPS) is 12.0. The van der Waals surface area contributed by atoms with Crippen molar-refractivity contribution in [3.8, 4) is 28.6 Å². The Morgan fingerprint density at radius 3 is 2.75 bits per heavy atom. The molecule has 1 aliphatic heterocycles. The van der Waals surface area contributed by atoms with E-state index in [0.717, 1.165) is 5.56 Å². The van der Waals surface area contributed by atoms with E-state index in [1.807, 2.05) is 6.07 Å². The first-order chi connectivity index (χ1) is 15.7. The van der Waals surface area contributed by atoms with E-state index >= 15 is 0 Å². The largest absolute Gasteiger partial charge is 0.454 e. The highest BCUT2D eigenvalue weighted by Crippen LogP contribution is 2.34. The molecule has 0 spiro atoms. The first kappa shape index (κ1) is 20.0. The molecule has 2 aromatic carbocycles. The second kappa shape index (κ2) is 8.67. The van der Waals surface area contributed by atoms with Crippen molar-refractivity contribution in [2.24, 2.45) is 0 Å². The summed E-state index contributed by atoms with van der Waals surface area (Å²) >= 11 is 1.22. The highest BCUT2D eigenvalue weighted by Gasteiger charge is 2.18. The predicted octanol–water partition coefficient (Wildman–Crippen LogP) is 3.93. The lowest BCUT2D eigenvalue weighted by Crippen LogP contribution is -2.14. The summed E-state index contributed by atoms with van der Waals surface area (Å²) in [7, 11) is 0. The van der Waals surface area contributed by atoms with E-state index in [9.17, 15) is 9.18 Å². The molecule has 1 amide bonds. The van der Waals surface area contributed by atoms with Crippen LogP contribution in [0.25, 0.3) is 17.1 Å². The van der Waals surface area contributed by atoms with Crippen molar-refractivity contribution in [1.82, 2.24) is 19.7 Å². The van der Waals surface area contributed by atoms with Crippen molar-refractivity contribution in [3.63, 3.8) is 0 Å². The number of carbonyl (C=O) groups is 1. The van der Waals surface area contributed by atoms with Gasteiger partial charge in [-0.05, 0) is 48.5 Å². The maximum Gasteiger partial charge on any atom is 0.234 e. The molecule has 8 nitrogen and oxygen atoms in total. The molecule has 3 heterocycles. The number of fused-ring (bicyclic) bond motifs is 1. The Bertz CT molecular complexity index is 1260. The van der Waals surface area contributed by atoms with Crippen LogP contribution < -0.4 is 14.8 Å². The maximum atomic E-state index is 13.5. The number of ether oxygens (including phenoxy) is 2. The van der Waals surface area contributed by atoms with Crippen LogP contribution in [-0.4, -0.2) is 38.2 Å². The summed E-state index contributed by atoms with van der Waals surface area (Å²) in [5, 5.41) is 11.9. The van der Waals surface area contributed by atoms with Crippen LogP contribution in [0.3, 0.4) is 0 Å². The number of nitrogens with zero attached hydrogens (tertiary/aromatic N) is 4. The quantitative estimate of drug-likeness (QED) is 0.446. The number of halogens is 1. The summed E-state index contributed by atoms with van der Waals surface area (Å²) in [6.07, 6.45) is 3.34. The molecule has 0 atom stereocenters. The molecule has 4 aromatic rings. The molecule has 0 aliphatic carbocycles. The Labute approximate surface area is 186 Å². The first-order valence-electron chi connectivity index (χ1n) is 9.61. The molecule has 10 heteroatoms. The molecule has 0 unspecified atom stereocenters. The third-order valence-electron chi connectivity index (χ3n) is 4.63. The number of anilines is 1. The lowest BCUT2D eigenvalue weighted by atomic mass is 10.2. The molecule has 0 saturated heterocycles. The molecule has 0 bridgehead atoms. The number of thioether (sulfide) groups is 1. The molecular weight excluding hydrogens is 433 g/mol. The van der Waals surface area contributed by atoms with E-state index in [1.165, 1.54) is 23.9 Å². The third kappa shape index (κ3) is 4.12. The van der Waals surface area contributed by atoms with Gasteiger partial charge in [0.1, 0.15) is 5.82 Å². The number of amides is 1. The summed E-state index contributed by atoms with van der Waals surface area (Å²) in [6, 6.07) is 14.9. The van der Waals surface area contributed by atoms with Crippen LogP contribution in [0.4, 0.5) is 10.1 Å². The van der Waals surface area contributed by atoms with Gasteiger partial charge in [0, 0.05) is 35.4 Å². The van der Waals surface area contributed by atoms with Crippen LogP contribution >= 0.6 is 11.8 Å². The summed E-state index contributed by atoms with van der Waals surface area (Å²) in [5.74, 6) is 1.32. The summed E-state index contributed by atoms with van der Waals surface area (Å²) in [6.45, 7) is 0.168. The van der Waals surface area contributed by atoms with Gasteiger partial charge in [-0.15, -0.1) is 10.2 Å². The fourth-order valence-electron chi connectivity index (χ4n) is 3.17. The Kier molecular flexibility index (Phi) is 5.42. The van der Waals surface area contributed by atoms with Crippen molar-refractivity contribution in [2.75, 3.05) is 17.9 Å². The fourth-order valence-corrected chi connectivity index (χ4v) is 3.92. The standard InChI is InChI=1S/C22H16FN5O3S/c23-15-3-6-17(7-4-15)28-21(14-2-1-9-24-11-14)26-27-22(28)32-12-20(29)25-16-5-8-18-19(10-16)31-13-30-18/h1-11H,12-13H2,(H,25,29). The number of hydrogen-bond acceptors (Lipinski definition) is 7. The zero-order valence-electron chi connectivity index (χ0n) is 16.6. The van der Waals surface area contributed by atoms with E-state index in [1.54, 1.807) is 53.4 Å². The summed E-state index contributed by atoms with van der Waals surface area (Å²) in [4.78, 5) is 16.7. The van der Waals surface area contributed by atoms with Gasteiger partial charge in [-0.1, -0.05) is 11.8 Å². The van der Waals surface area contributed by atoms with Crippen LogP contribution in [0.15, 0.2) is 72.1 Å². The van der Waals surface area contributed by atoms with Crippen LogP contribution in [0, 0.1) is 5.82 Å². The lowest BCUT2D eigenvalue weighted by molar-refractivity contribution is -0.113. The minimum absolute atomic E-state index is 0.0980. The molecule has 0 radical (unpaired) electrons. The SMILES string of the molecule is O=C(CSc1nnc(-c2cccnc2)n1-c1ccc(F)cc1)Nc1ccc2c(c1)OCO2. The highest BCUT2D eigenvalue weighted by molar-refractivity contribution is 7.99. The van der Waals surface area contributed by atoms with Gasteiger partial charge in [-0.2, -0.15) is 0 Å². The Morgan fingerprint density at radius 1 is 1.09 bits per heavy atom. The van der Waals surface area contributed by atoms with E-state index < -0.39 is 0 Å². The molecule has 32 heavy (non-hydrogen) atoms.